The van der Waals surface area contributed by atoms with E-state index in [1.54, 1.807) is 0 Å². The summed E-state index contributed by atoms with van der Waals surface area (Å²) in [6, 6.07) is -16.7. The molecule has 0 aromatic heterocycles. The zero-order valence-electron chi connectivity index (χ0n) is 38.4. The number of hydrogen-bond donors (Lipinski definition) is 0. The highest BCUT2D eigenvalue weighted by molar-refractivity contribution is 7.64. The van der Waals surface area contributed by atoms with Gasteiger partial charge in [-0.05, 0) is 74.2 Å². The molecule has 0 nitrogen and oxygen atoms in total. The molecule has 0 amide bonds. The fraction of sp³-hybridized carbons (Fsp3) is 0.0968. The van der Waals surface area contributed by atoms with Crippen molar-refractivity contribution in [2.45, 2.75) is 19.2 Å². The second kappa shape index (κ2) is 8.05. The lowest BCUT2D eigenvalue weighted by Crippen LogP contribution is -2.15. The normalized spacial score (nSPS) is 28.0. The Kier molecular flexibility index (Phi) is 1.80. The van der Waals surface area contributed by atoms with Crippen LogP contribution in [0.1, 0.15) is 46.8 Å². The molecule has 0 saturated carbocycles. The Bertz CT molecular complexity index is 2340. The Morgan fingerprint density at radius 3 is 1.81 bits per heavy atom. The van der Waals surface area contributed by atoms with Crippen LogP contribution in [0.15, 0.2) is 109 Å². The molecule has 0 N–H and O–H groups in total. The average Bonchev–Trinajstić information content (AvgIpc) is 3.10. The van der Waals surface area contributed by atoms with E-state index in [1.807, 2.05) is 0 Å². The van der Waals surface area contributed by atoms with E-state index in [2.05, 4.69) is 0 Å². The summed E-state index contributed by atoms with van der Waals surface area (Å²) in [5.74, 6) is 0. The van der Waals surface area contributed by atoms with Crippen molar-refractivity contribution in [3.8, 4) is 22.3 Å². The Balaban J connectivity index is 2.01. The number of hydrogen-bond acceptors (Lipinski definition) is 0. The van der Waals surface area contributed by atoms with Gasteiger partial charge in [-0.15, -0.1) is 0 Å². The van der Waals surface area contributed by atoms with E-state index in [0.29, 0.717) is 0 Å². The predicted molar refractivity (Wildman–Crippen MR) is 140 cm³/mol. The van der Waals surface area contributed by atoms with Crippen molar-refractivity contribution in [3.05, 3.63) is 125 Å². The fourth-order valence-electron chi connectivity index (χ4n) is 3.48. The molecule has 5 aromatic carbocycles. The largest absolute Gasteiger partial charge is 0.0650 e. The van der Waals surface area contributed by atoms with Crippen molar-refractivity contribution in [3.63, 3.8) is 0 Å². The van der Waals surface area contributed by atoms with Gasteiger partial charge in [0.1, 0.15) is 0 Å². The van der Waals surface area contributed by atoms with Crippen LogP contribution in [0.2, 0.25) is 0 Å². The first-order chi connectivity index (χ1) is 24.8. The van der Waals surface area contributed by atoms with E-state index < -0.39 is 173 Å². The van der Waals surface area contributed by atoms with Gasteiger partial charge < -0.3 is 0 Å². The van der Waals surface area contributed by atoms with Crippen LogP contribution in [0.4, 0.5) is 0 Å². The van der Waals surface area contributed by atoms with Crippen molar-refractivity contribution < 1.29 is 30.2 Å². The minimum Gasteiger partial charge on any atom is -0.0650 e. The third-order valence-corrected chi connectivity index (χ3v) is 6.68. The van der Waals surface area contributed by atoms with Gasteiger partial charge in [0, 0.05) is 5.48 Å². The van der Waals surface area contributed by atoms with Crippen molar-refractivity contribution in [2.75, 3.05) is 0 Å². The van der Waals surface area contributed by atoms with Gasteiger partial charge in [-0.25, -0.2) is 0 Å². The number of benzene rings is 5. The summed E-state index contributed by atoms with van der Waals surface area (Å²) in [4.78, 5) is 0. The van der Waals surface area contributed by atoms with Crippen LogP contribution >= 0.6 is 7.92 Å². The van der Waals surface area contributed by atoms with Crippen LogP contribution < -0.4 is 5.30 Å². The highest BCUT2D eigenvalue weighted by Gasteiger charge is 2.26. The minimum absolute atomic E-state index is 0.0867. The van der Waals surface area contributed by atoms with Gasteiger partial charge in [0.05, 0.1) is 24.7 Å². The first kappa shape index (κ1) is 7.14. The van der Waals surface area contributed by atoms with Gasteiger partial charge >= 0.3 is 0 Å². The Morgan fingerprint density at radius 1 is 0.625 bits per heavy atom. The zero-order chi connectivity index (χ0) is 40.7. The summed E-state index contributed by atoms with van der Waals surface area (Å²) >= 11 is 0. The summed E-state index contributed by atoms with van der Waals surface area (Å²) in [5, 5.41) is -1.63. The lowest BCUT2D eigenvalue weighted by Gasteiger charge is -2.30. The smallest absolute Gasteiger partial charge is 0.0629 e. The Hall–Kier alpha value is -3.21. The molecule has 154 valence electrons. The summed E-state index contributed by atoms with van der Waals surface area (Å²) < 4.78 is 194. The van der Waals surface area contributed by atoms with E-state index >= 15 is 0 Å². The topological polar surface area (TPSA) is 0 Å². The zero-order valence-corrected chi connectivity index (χ0v) is 17.3. The molecule has 5 aromatic rings. The maximum Gasteiger partial charge on any atom is 0.0629 e. The molecular weight excluding hydrogens is 403 g/mol. The summed E-state index contributed by atoms with van der Waals surface area (Å²) in [7, 11) is -3.68. The monoisotopic (exact) mass is 450 g/mol. The molecule has 1 atom stereocenters. The molecule has 0 bridgehead atoms. The SMILES string of the molecule is [2H]c1c([2H])c([2H])c(-c2c([2H])c([2H])c([2H])c(-c3c([2H])c([2H])c([2H])c([2H])c3[2H])c2P2C([2H])([2H])c3c([2H])c([2H])c([2H])c4c(C)c([2H])c([2H])c(c34)C2([2H])[2H])c([2H])c1[2H]. The van der Waals surface area contributed by atoms with E-state index in [-0.39, 0.29) is 10.9 Å². The standard InChI is InChI=1S/C31H25P/c1-22-18-19-26-21-32(20-25-14-8-15-27(22)30(25)26)31-28(23-10-4-2-5-11-23)16-9-17-29(31)24-12-6-3-7-13-24/h2-19H,20-21H2,1H3/i2D,3D,4D,5D,6D,7D,8D,9D,10D,11D,12D,13D,14D,15D,16D,17D,18D,19D,20D2,21D2. The van der Waals surface area contributed by atoms with Crippen molar-refractivity contribution in [1.82, 2.24) is 0 Å². The molecule has 1 heteroatoms. The predicted octanol–water partition coefficient (Wildman–Crippen LogP) is 8.30. The summed E-state index contributed by atoms with van der Waals surface area (Å²) in [6.07, 6.45) is -6.53. The molecule has 0 fully saturated rings. The third-order valence-electron chi connectivity index (χ3n) is 4.89. The lowest BCUT2D eigenvalue weighted by molar-refractivity contribution is 1.30. The van der Waals surface area contributed by atoms with Crippen LogP contribution in [0.3, 0.4) is 0 Å². The van der Waals surface area contributed by atoms with Crippen LogP contribution in [-0.2, 0) is 12.2 Å². The van der Waals surface area contributed by atoms with E-state index in [9.17, 15) is 5.48 Å². The van der Waals surface area contributed by atoms with Crippen LogP contribution in [-0.4, -0.2) is 0 Å². The maximum atomic E-state index is 9.68. The molecular formula is C31H25P. The van der Waals surface area contributed by atoms with E-state index in [0.717, 1.165) is 0 Å². The number of aryl methyl sites for hydroxylation is 1. The Morgan fingerprint density at radius 2 is 1.19 bits per heavy atom. The van der Waals surface area contributed by atoms with Gasteiger partial charge in [0.2, 0.25) is 0 Å². The van der Waals surface area contributed by atoms with Gasteiger partial charge in [-0.1, -0.05) is 117 Å². The maximum absolute atomic E-state index is 9.68. The third kappa shape index (κ3) is 3.27. The number of rotatable bonds is 3. The van der Waals surface area contributed by atoms with Crippen LogP contribution in [0, 0.1) is 6.92 Å². The average molecular weight is 451 g/mol. The molecule has 0 saturated heterocycles. The van der Waals surface area contributed by atoms with Crippen molar-refractivity contribution in [1.29, 1.82) is 0 Å². The first-order valence-electron chi connectivity index (χ1n) is 20.4. The lowest BCUT2D eigenvalue weighted by atomic mass is 9.97. The fourth-order valence-corrected chi connectivity index (χ4v) is 5.33. The van der Waals surface area contributed by atoms with Crippen LogP contribution in [0.25, 0.3) is 33.0 Å². The highest BCUT2D eigenvalue weighted by Crippen LogP contribution is 2.52. The molecule has 32 heavy (non-hydrogen) atoms. The van der Waals surface area contributed by atoms with E-state index in [4.69, 9.17) is 24.7 Å². The molecule has 0 aliphatic carbocycles. The molecule has 1 aliphatic heterocycles. The van der Waals surface area contributed by atoms with Crippen LogP contribution in [0.5, 0.6) is 0 Å². The second-order valence-electron chi connectivity index (χ2n) is 6.78. The Labute approximate surface area is 222 Å². The molecule has 1 aliphatic rings. The van der Waals surface area contributed by atoms with Gasteiger partial charge in [0.15, 0.2) is 0 Å². The highest BCUT2D eigenvalue weighted by atomic mass is 31.1. The molecule has 1 heterocycles. The van der Waals surface area contributed by atoms with Gasteiger partial charge in [-0.2, -0.15) is 0 Å². The molecule has 0 radical (unpaired) electrons. The summed E-state index contributed by atoms with van der Waals surface area (Å²) in [5.41, 5.74) is -5.05. The van der Waals surface area contributed by atoms with Crippen molar-refractivity contribution >= 4 is 24.0 Å². The quantitative estimate of drug-likeness (QED) is 0.242. The first-order valence-corrected chi connectivity index (χ1v) is 10.8. The van der Waals surface area contributed by atoms with Gasteiger partial charge in [-0.3, -0.25) is 0 Å². The molecule has 1 unspecified atom stereocenters. The minimum atomic E-state index is -3.68. The van der Waals surface area contributed by atoms with E-state index in [1.165, 1.54) is 6.92 Å². The van der Waals surface area contributed by atoms with Gasteiger partial charge in [0.25, 0.3) is 0 Å². The second-order valence-corrected chi connectivity index (χ2v) is 8.35. The molecule has 6 rings (SSSR count). The summed E-state index contributed by atoms with van der Waals surface area (Å²) in [6.45, 7) is 1.31. The molecule has 0 spiro atoms. The van der Waals surface area contributed by atoms with Crippen molar-refractivity contribution in [2.24, 2.45) is 0 Å².